The molecule has 0 aliphatic carbocycles. The molecule has 0 saturated carbocycles. The lowest BCUT2D eigenvalue weighted by molar-refractivity contribution is 0.534. The number of nitriles is 1. The standard InChI is InChI=1S/C25H19N3O2/c1-28(2)14-13-19-20(16-26)24(18-11-7-4-8-12-18)27-21-15-22(30-25(29)23(19)21)17-9-5-3-6-10-17/h3-15H,1-2H3/b14-13+. The second-order valence-electron chi connectivity index (χ2n) is 7.03. The van der Waals surface area contributed by atoms with E-state index in [1.165, 1.54) is 0 Å². The molecule has 0 bridgehead atoms. The van der Waals surface area contributed by atoms with E-state index < -0.39 is 5.63 Å². The monoisotopic (exact) mass is 393 g/mol. The number of hydrogen-bond acceptors (Lipinski definition) is 5. The van der Waals surface area contributed by atoms with Crippen LogP contribution in [0.3, 0.4) is 0 Å². The summed E-state index contributed by atoms with van der Waals surface area (Å²) in [6, 6.07) is 22.9. The largest absolute Gasteiger partial charge is 0.422 e. The van der Waals surface area contributed by atoms with E-state index in [-0.39, 0.29) is 0 Å². The fourth-order valence-electron chi connectivity index (χ4n) is 3.30. The van der Waals surface area contributed by atoms with Crippen LogP contribution in [0.15, 0.2) is 82.1 Å². The maximum absolute atomic E-state index is 13.0. The Morgan fingerprint density at radius 2 is 1.63 bits per heavy atom. The summed E-state index contributed by atoms with van der Waals surface area (Å²) in [7, 11) is 3.75. The quantitative estimate of drug-likeness (QED) is 0.492. The second-order valence-corrected chi connectivity index (χ2v) is 7.03. The third kappa shape index (κ3) is 3.59. The maximum atomic E-state index is 13.0. The van der Waals surface area contributed by atoms with Gasteiger partial charge in [-0.2, -0.15) is 5.26 Å². The summed E-state index contributed by atoms with van der Waals surface area (Å²) in [5.74, 6) is 0.437. The van der Waals surface area contributed by atoms with Gasteiger partial charge < -0.3 is 9.32 Å². The molecule has 0 spiro atoms. The smallest absolute Gasteiger partial charge is 0.346 e. The van der Waals surface area contributed by atoms with Crippen molar-refractivity contribution in [2.24, 2.45) is 0 Å². The molecular formula is C25H19N3O2. The van der Waals surface area contributed by atoms with Crippen LogP contribution in [-0.4, -0.2) is 24.0 Å². The normalized spacial score (nSPS) is 11.0. The van der Waals surface area contributed by atoms with Gasteiger partial charge in [0.25, 0.3) is 0 Å². The Labute approximate surface area is 174 Å². The highest BCUT2D eigenvalue weighted by Gasteiger charge is 2.19. The predicted molar refractivity (Wildman–Crippen MR) is 119 cm³/mol. The first-order valence-corrected chi connectivity index (χ1v) is 9.46. The molecule has 0 fully saturated rings. The van der Waals surface area contributed by atoms with Crippen molar-refractivity contribution in [2.45, 2.75) is 0 Å². The van der Waals surface area contributed by atoms with Crippen LogP contribution < -0.4 is 5.63 Å². The molecule has 5 nitrogen and oxygen atoms in total. The first-order chi connectivity index (χ1) is 14.6. The van der Waals surface area contributed by atoms with Gasteiger partial charge >= 0.3 is 5.63 Å². The average molecular weight is 393 g/mol. The molecule has 146 valence electrons. The molecule has 0 amide bonds. The minimum Gasteiger partial charge on any atom is -0.422 e. The highest BCUT2D eigenvalue weighted by molar-refractivity contribution is 5.94. The predicted octanol–water partition coefficient (Wildman–Crippen LogP) is 4.93. The second kappa shape index (κ2) is 8.06. The summed E-state index contributed by atoms with van der Waals surface area (Å²) < 4.78 is 5.62. The molecule has 0 aliphatic heterocycles. The van der Waals surface area contributed by atoms with Gasteiger partial charge in [-0.3, -0.25) is 0 Å². The fraction of sp³-hybridized carbons (Fsp3) is 0.0800. The van der Waals surface area contributed by atoms with Gasteiger partial charge in [-0.1, -0.05) is 60.7 Å². The molecule has 0 unspecified atom stereocenters. The first kappa shape index (κ1) is 19.2. The number of nitrogens with zero attached hydrogens (tertiary/aromatic N) is 3. The molecule has 2 aromatic carbocycles. The number of hydrogen-bond donors (Lipinski definition) is 0. The third-order valence-electron chi connectivity index (χ3n) is 4.70. The number of benzene rings is 2. The lowest BCUT2D eigenvalue weighted by Crippen LogP contribution is -2.08. The number of fused-ring (bicyclic) bond motifs is 1. The average Bonchev–Trinajstić information content (AvgIpc) is 2.77. The highest BCUT2D eigenvalue weighted by atomic mass is 16.4. The van der Waals surface area contributed by atoms with Gasteiger partial charge in [-0.05, 0) is 12.3 Å². The van der Waals surface area contributed by atoms with Crippen molar-refractivity contribution in [3.8, 4) is 28.7 Å². The summed E-state index contributed by atoms with van der Waals surface area (Å²) in [6.07, 6.45) is 3.56. The van der Waals surface area contributed by atoms with Gasteiger partial charge in [-0.15, -0.1) is 0 Å². The number of rotatable bonds is 4. The molecule has 0 atom stereocenters. The van der Waals surface area contributed by atoms with E-state index in [1.807, 2.05) is 79.7 Å². The SMILES string of the molecule is CN(C)/C=C/c1c(C#N)c(-c2ccccc2)nc2cc(-c3ccccc3)oc(=O)c12. The maximum Gasteiger partial charge on any atom is 0.346 e. The van der Waals surface area contributed by atoms with Gasteiger partial charge in [0, 0.05) is 36.9 Å². The molecule has 2 aromatic heterocycles. The summed E-state index contributed by atoms with van der Waals surface area (Å²) >= 11 is 0. The molecule has 30 heavy (non-hydrogen) atoms. The van der Waals surface area contributed by atoms with Crippen molar-refractivity contribution >= 4 is 17.0 Å². The molecular weight excluding hydrogens is 374 g/mol. The Morgan fingerprint density at radius 1 is 1.00 bits per heavy atom. The van der Waals surface area contributed by atoms with Crippen molar-refractivity contribution in [3.63, 3.8) is 0 Å². The van der Waals surface area contributed by atoms with Crippen LogP contribution in [-0.2, 0) is 0 Å². The van der Waals surface area contributed by atoms with E-state index in [2.05, 4.69) is 6.07 Å². The Hall–Kier alpha value is -4.17. The van der Waals surface area contributed by atoms with Crippen molar-refractivity contribution in [1.82, 2.24) is 9.88 Å². The number of aromatic nitrogens is 1. The lowest BCUT2D eigenvalue weighted by atomic mass is 9.98. The van der Waals surface area contributed by atoms with Crippen molar-refractivity contribution in [1.29, 1.82) is 5.26 Å². The van der Waals surface area contributed by atoms with Gasteiger partial charge in [0.1, 0.15) is 11.8 Å². The minimum absolute atomic E-state index is 0.295. The minimum atomic E-state index is -0.520. The molecule has 5 heteroatoms. The summed E-state index contributed by atoms with van der Waals surface area (Å²) in [6.45, 7) is 0. The molecule has 0 aliphatic rings. The van der Waals surface area contributed by atoms with E-state index in [9.17, 15) is 10.1 Å². The molecule has 4 rings (SSSR count). The summed E-state index contributed by atoms with van der Waals surface area (Å²) in [5, 5.41) is 10.2. The summed E-state index contributed by atoms with van der Waals surface area (Å²) in [4.78, 5) is 19.6. The van der Waals surface area contributed by atoms with Crippen LogP contribution in [0, 0.1) is 11.3 Å². The molecule has 2 heterocycles. The first-order valence-electron chi connectivity index (χ1n) is 9.46. The van der Waals surface area contributed by atoms with Gasteiger partial charge in [0.15, 0.2) is 0 Å². The Morgan fingerprint density at radius 3 is 2.23 bits per heavy atom. The Bertz CT molecular complexity index is 1330. The lowest BCUT2D eigenvalue weighted by Gasteiger charge is -2.12. The van der Waals surface area contributed by atoms with Gasteiger partial charge in [-0.25, -0.2) is 9.78 Å². The van der Waals surface area contributed by atoms with Crippen molar-refractivity contribution < 1.29 is 4.42 Å². The van der Waals surface area contributed by atoms with E-state index >= 15 is 0 Å². The van der Waals surface area contributed by atoms with E-state index in [0.29, 0.717) is 33.5 Å². The molecule has 0 N–H and O–H groups in total. The van der Waals surface area contributed by atoms with E-state index in [1.54, 1.807) is 18.3 Å². The third-order valence-corrected chi connectivity index (χ3v) is 4.70. The van der Waals surface area contributed by atoms with E-state index in [0.717, 1.165) is 11.1 Å². The zero-order chi connectivity index (χ0) is 21.1. The van der Waals surface area contributed by atoms with Crippen LogP contribution in [0.4, 0.5) is 0 Å². The van der Waals surface area contributed by atoms with Crippen LogP contribution in [0.25, 0.3) is 39.6 Å². The van der Waals surface area contributed by atoms with Gasteiger partial charge in [0.05, 0.1) is 22.2 Å². The molecule has 4 aromatic rings. The topological polar surface area (TPSA) is 70.1 Å². The van der Waals surface area contributed by atoms with E-state index in [4.69, 9.17) is 9.40 Å². The zero-order valence-corrected chi connectivity index (χ0v) is 16.7. The van der Waals surface area contributed by atoms with Crippen LogP contribution >= 0.6 is 0 Å². The Kier molecular flexibility index (Phi) is 5.15. The van der Waals surface area contributed by atoms with Crippen LogP contribution in [0.5, 0.6) is 0 Å². The van der Waals surface area contributed by atoms with Crippen LogP contribution in [0.2, 0.25) is 0 Å². The van der Waals surface area contributed by atoms with Crippen molar-refractivity contribution in [3.05, 3.63) is 94.5 Å². The van der Waals surface area contributed by atoms with Crippen molar-refractivity contribution in [2.75, 3.05) is 14.1 Å². The summed E-state index contributed by atoms with van der Waals surface area (Å²) in [5.41, 5.74) is 2.94. The van der Waals surface area contributed by atoms with Crippen LogP contribution in [0.1, 0.15) is 11.1 Å². The van der Waals surface area contributed by atoms with Gasteiger partial charge in [0.2, 0.25) is 0 Å². The molecule has 0 radical (unpaired) electrons. The highest BCUT2D eigenvalue weighted by Crippen LogP contribution is 2.31. The Balaban J connectivity index is 2.10. The fourth-order valence-corrected chi connectivity index (χ4v) is 3.30. The molecule has 0 saturated heterocycles. The number of pyridine rings is 1. The zero-order valence-electron chi connectivity index (χ0n) is 16.7.